The molecule has 4 aromatic rings. The summed E-state index contributed by atoms with van der Waals surface area (Å²) < 4.78 is 12.2. The molecule has 4 aromatic carbocycles. The summed E-state index contributed by atoms with van der Waals surface area (Å²) in [4.78, 5) is 15.4. The van der Waals surface area contributed by atoms with Gasteiger partial charge < -0.3 is 9.47 Å². The second kappa shape index (κ2) is 13.5. The van der Waals surface area contributed by atoms with Crippen LogP contribution in [-0.2, 0) is 19.8 Å². The van der Waals surface area contributed by atoms with Gasteiger partial charge in [-0.2, -0.15) is 0 Å². The summed E-state index contributed by atoms with van der Waals surface area (Å²) in [6, 6.07) is 35.3. The molecular weight excluding hydrogens is 470 g/mol. The van der Waals surface area contributed by atoms with Crippen LogP contribution < -0.4 is 9.47 Å². The lowest BCUT2D eigenvalue weighted by Gasteiger charge is -2.24. The highest BCUT2D eigenvalue weighted by molar-refractivity contribution is 6.00. The van der Waals surface area contributed by atoms with E-state index in [1.54, 1.807) is 6.07 Å². The SMILES string of the molecule is CC(C(=O)c1ccc(OCc2ccccc2)c(OCc2ccccc2)c1)N(C)Cc1ccccc1.Cl. The van der Waals surface area contributed by atoms with Crippen LogP contribution in [0.3, 0.4) is 0 Å². The van der Waals surface area contributed by atoms with Crippen LogP contribution in [0.25, 0.3) is 0 Å². The number of rotatable bonds is 11. The van der Waals surface area contributed by atoms with Gasteiger partial charge in [-0.15, -0.1) is 12.4 Å². The zero-order valence-corrected chi connectivity index (χ0v) is 21.5. The van der Waals surface area contributed by atoms with Crippen molar-refractivity contribution in [3.8, 4) is 11.5 Å². The van der Waals surface area contributed by atoms with Gasteiger partial charge in [-0.1, -0.05) is 91.0 Å². The monoisotopic (exact) mass is 501 g/mol. The Balaban J connectivity index is 0.00000361. The molecule has 0 heterocycles. The molecule has 36 heavy (non-hydrogen) atoms. The van der Waals surface area contributed by atoms with Crippen LogP contribution in [0.1, 0.15) is 34.0 Å². The molecule has 0 spiro atoms. The van der Waals surface area contributed by atoms with Gasteiger partial charge in [0.25, 0.3) is 0 Å². The Bertz CT molecular complexity index is 1220. The Kier molecular flexibility index (Phi) is 10.1. The number of Topliss-reactive ketones (excluding diaryl/α,β-unsaturated/α-hetero) is 1. The van der Waals surface area contributed by atoms with Gasteiger partial charge in [0.1, 0.15) is 13.2 Å². The number of hydrogen-bond donors (Lipinski definition) is 0. The topological polar surface area (TPSA) is 38.8 Å². The fraction of sp³-hybridized carbons (Fsp3) is 0.194. The van der Waals surface area contributed by atoms with Crippen molar-refractivity contribution in [2.45, 2.75) is 32.7 Å². The molecule has 0 saturated carbocycles. The quantitative estimate of drug-likeness (QED) is 0.208. The first-order valence-corrected chi connectivity index (χ1v) is 11.9. The van der Waals surface area contributed by atoms with Crippen molar-refractivity contribution in [2.75, 3.05) is 7.05 Å². The fourth-order valence-electron chi connectivity index (χ4n) is 3.81. The standard InChI is InChI=1S/C31H31NO3.ClH/c1-24(32(2)21-25-12-6-3-7-13-25)31(33)28-18-19-29(34-22-26-14-8-4-9-15-26)30(20-28)35-23-27-16-10-5-11-17-27;/h3-20,24H,21-23H2,1-2H3;1H. The third-order valence-corrected chi connectivity index (χ3v) is 6.02. The van der Waals surface area contributed by atoms with Gasteiger partial charge in [0.05, 0.1) is 6.04 Å². The smallest absolute Gasteiger partial charge is 0.179 e. The molecule has 186 valence electrons. The van der Waals surface area contributed by atoms with E-state index in [-0.39, 0.29) is 24.2 Å². The van der Waals surface area contributed by atoms with E-state index in [9.17, 15) is 4.79 Å². The third kappa shape index (κ3) is 7.45. The van der Waals surface area contributed by atoms with Gasteiger partial charge in [-0.05, 0) is 48.9 Å². The molecule has 0 aliphatic heterocycles. The molecule has 0 aromatic heterocycles. The number of halogens is 1. The zero-order valence-electron chi connectivity index (χ0n) is 20.7. The molecule has 5 heteroatoms. The highest BCUT2D eigenvalue weighted by atomic mass is 35.5. The van der Waals surface area contributed by atoms with Crippen molar-refractivity contribution >= 4 is 18.2 Å². The maximum Gasteiger partial charge on any atom is 0.179 e. The second-order valence-electron chi connectivity index (χ2n) is 8.65. The Morgan fingerprint density at radius 1 is 0.694 bits per heavy atom. The van der Waals surface area contributed by atoms with Gasteiger partial charge in [-0.3, -0.25) is 9.69 Å². The molecule has 0 N–H and O–H groups in total. The van der Waals surface area contributed by atoms with Gasteiger partial charge in [0.15, 0.2) is 17.3 Å². The van der Waals surface area contributed by atoms with Crippen LogP contribution in [0.4, 0.5) is 0 Å². The van der Waals surface area contributed by atoms with Crippen LogP contribution in [0.2, 0.25) is 0 Å². The lowest BCUT2D eigenvalue weighted by atomic mass is 10.0. The molecule has 0 bridgehead atoms. The van der Waals surface area contributed by atoms with E-state index in [1.807, 2.05) is 105 Å². The lowest BCUT2D eigenvalue weighted by molar-refractivity contribution is 0.0861. The van der Waals surface area contributed by atoms with E-state index in [2.05, 4.69) is 17.0 Å². The first kappa shape index (κ1) is 27.0. The van der Waals surface area contributed by atoms with E-state index >= 15 is 0 Å². The van der Waals surface area contributed by atoms with E-state index in [4.69, 9.17) is 9.47 Å². The average molecular weight is 502 g/mol. The highest BCUT2D eigenvalue weighted by Crippen LogP contribution is 2.31. The summed E-state index contributed by atoms with van der Waals surface area (Å²) in [6.45, 7) is 3.45. The summed E-state index contributed by atoms with van der Waals surface area (Å²) in [7, 11) is 1.97. The van der Waals surface area contributed by atoms with Crippen molar-refractivity contribution in [1.29, 1.82) is 0 Å². The molecule has 1 atom stereocenters. The number of hydrogen-bond acceptors (Lipinski definition) is 4. The molecule has 4 nitrogen and oxygen atoms in total. The molecule has 0 radical (unpaired) electrons. The van der Waals surface area contributed by atoms with Crippen LogP contribution in [0.15, 0.2) is 109 Å². The minimum absolute atomic E-state index is 0. The fourth-order valence-corrected chi connectivity index (χ4v) is 3.81. The minimum Gasteiger partial charge on any atom is -0.485 e. The number of ketones is 1. The van der Waals surface area contributed by atoms with Gasteiger partial charge in [0.2, 0.25) is 0 Å². The summed E-state index contributed by atoms with van der Waals surface area (Å²) >= 11 is 0. The van der Waals surface area contributed by atoms with Crippen molar-refractivity contribution in [3.05, 3.63) is 131 Å². The van der Waals surface area contributed by atoms with Crippen LogP contribution in [0, 0.1) is 0 Å². The molecule has 0 amide bonds. The predicted octanol–water partition coefficient (Wildman–Crippen LogP) is 6.97. The number of nitrogens with zero attached hydrogens (tertiary/aromatic N) is 1. The average Bonchev–Trinajstić information content (AvgIpc) is 2.91. The number of likely N-dealkylation sites (N-methyl/N-ethyl adjacent to an activating group) is 1. The highest BCUT2D eigenvalue weighted by Gasteiger charge is 2.21. The Morgan fingerprint density at radius 3 is 1.69 bits per heavy atom. The molecule has 0 aliphatic rings. The first-order valence-electron chi connectivity index (χ1n) is 11.9. The molecule has 0 saturated heterocycles. The number of carbonyl (C=O) groups excluding carboxylic acids is 1. The van der Waals surface area contributed by atoms with Crippen LogP contribution >= 0.6 is 12.4 Å². The van der Waals surface area contributed by atoms with Crippen molar-refractivity contribution in [3.63, 3.8) is 0 Å². The normalized spacial score (nSPS) is 11.4. The zero-order chi connectivity index (χ0) is 24.5. The maximum atomic E-state index is 13.4. The minimum atomic E-state index is -0.284. The van der Waals surface area contributed by atoms with E-state index in [0.29, 0.717) is 36.8 Å². The predicted molar refractivity (Wildman–Crippen MR) is 147 cm³/mol. The lowest BCUT2D eigenvalue weighted by Crippen LogP contribution is -2.35. The third-order valence-electron chi connectivity index (χ3n) is 6.02. The maximum absolute atomic E-state index is 13.4. The second-order valence-corrected chi connectivity index (χ2v) is 8.65. The van der Waals surface area contributed by atoms with E-state index in [1.165, 1.54) is 5.56 Å². The first-order chi connectivity index (χ1) is 17.1. The van der Waals surface area contributed by atoms with E-state index in [0.717, 1.165) is 11.1 Å². The van der Waals surface area contributed by atoms with Gasteiger partial charge in [0, 0.05) is 12.1 Å². The van der Waals surface area contributed by atoms with Crippen molar-refractivity contribution < 1.29 is 14.3 Å². The van der Waals surface area contributed by atoms with Crippen LogP contribution in [0.5, 0.6) is 11.5 Å². The van der Waals surface area contributed by atoms with Gasteiger partial charge >= 0.3 is 0 Å². The number of carbonyl (C=O) groups is 1. The summed E-state index contributed by atoms with van der Waals surface area (Å²) in [6.07, 6.45) is 0. The van der Waals surface area contributed by atoms with Crippen molar-refractivity contribution in [2.24, 2.45) is 0 Å². The Hall–Kier alpha value is -3.60. The Labute approximate surface area is 219 Å². The number of benzene rings is 4. The van der Waals surface area contributed by atoms with Crippen molar-refractivity contribution in [1.82, 2.24) is 4.90 Å². The molecular formula is C31H32ClNO3. The number of ether oxygens (including phenoxy) is 2. The molecule has 0 fully saturated rings. The largest absolute Gasteiger partial charge is 0.485 e. The van der Waals surface area contributed by atoms with Crippen LogP contribution in [-0.4, -0.2) is 23.8 Å². The van der Waals surface area contributed by atoms with E-state index < -0.39 is 0 Å². The van der Waals surface area contributed by atoms with Gasteiger partial charge in [-0.25, -0.2) is 0 Å². The summed E-state index contributed by atoms with van der Waals surface area (Å²) in [5.74, 6) is 1.22. The molecule has 1 unspecified atom stereocenters. The Morgan fingerprint density at radius 2 is 1.17 bits per heavy atom. The summed E-state index contributed by atoms with van der Waals surface area (Å²) in [5.41, 5.74) is 3.89. The summed E-state index contributed by atoms with van der Waals surface area (Å²) in [5, 5.41) is 0. The molecule has 4 rings (SSSR count). The molecule has 0 aliphatic carbocycles.